The number of amides is 1. The van der Waals surface area contributed by atoms with E-state index in [4.69, 9.17) is 5.73 Å². The molecule has 9 heteroatoms. The molecule has 0 spiro atoms. The third-order valence-electron chi connectivity index (χ3n) is 3.44. The lowest BCUT2D eigenvalue weighted by Crippen LogP contribution is -2.11. The minimum atomic E-state index is -0.631. The second-order valence-electron chi connectivity index (χ2n) is 5.72. The summed E-state index contributed by atoms with van der Waals surface area (Å²) in [5, 5.41) is 12.3. The molecule has 8 nitrogen and oxygen atoms in total. The zero-order valence-corrected chi connectivity index (χ0v) is 15.7. The van der Waals surface area contributed by atoms with Gasteiger partial charge in [0.15, 0.2) is 11.5 Å². The van der Waals surface area contributed by atoms with Crippen molar-refractivity contribution in [2.24, 2.45) is 16.1 Å². The number of rotatable bonds is 3. The number of carbonyl (C=O) groups is 1. The first kappa shape index (κ1) is 18.5. The molecule has 0 unspecified atom stereocenters. The van der Waals surface area contributed by atoms with E-state index in [1.807, 2.05) is 11.8 Å². The van der Waals surface area contributed by atoms with Crippen LogP contribution in [0.25, 0.3) is 0 Å². The van der Waals surface area contributed by atoms with Crippen LogP contribution < -0.4 is 11.1 Å². The van der Waals surface area contributed by atoms with Crippen LogP contribution in [0.5, 0.6) is 0 Å². The highest BCUT2D eigenvalue weighted by atomic mass is 32.2. The van der Waals surface area contributed by atoms with Crippen molar-refractivity contribution >= 4 is 34.9 Å². The van der Waals surface area contributed by atoms with Crippen molar-refractivity contribution in [1.82, 2.24) is 15.0 Å². The van der Waals surface area contributed by atoms with E-state index in [1.54, 1.807) is 14.1 Å². The Labute approximate surface area is 160 Å². The summed E-state index contributed by atoms with van der Waals surface area (Å²) in [5.74, 6) is -0.366. The third kappa shape index (κ3) is 4.64. The maximum atomic E-state index is 10.8. The van der Waals surface area contributed by atoms with Crippen molar-refractivity contribution in [3.63, 3.8) is 0 Å². The van der Waals surface area contributed by atoms with Crippen molar-refractivity contribution in [2.45, 2.75) is 9.79 Å². The molecular formula is C18H19N7OS. The summed E-state index contributed by atoms with van der Waals surface area (Å²) in [6.07, 6.45) is 1.34. The maximum absolute atomic E-state index is 10.8. The minimum Gasteiger partial charge on any atom is -0.364 e. The van der Waals surface area contributed by atoms with Gasteiger partial charge >= 0.3 is 0 Å². The number of nitrogens with two attached hydrogens (primary N) is 1. The van der Waals surface area contributed by atoms with Gasteiger partial charge in [-0.3, -0.25) is 9.80 Å². The SMILES string of the molecule is CN(C)/N=N/c1[nH]cnc1C(N)=O.c1ccc2c(c1)Nc1ccccc1S2. The summed E-state index contributed by atoms with van der Waals surface area (Å²) in [5.41, 5.74) is 7.53. The van der Waals surface area contributed by atoms with Crippen LogP contribution in [0.4, 0.5) is 17.2 Å². The molecule has 1 amide bonds. The highest BCUT2D eigenvalue weighted by Gasteiger charge is 2.13. The minimum absolute atomic E-state index is 0.0885. The molecule has 0 saturated carbocycles. The van der Waals surface area contributed by atoms with E-state index in [1.165, 1.54) is 32.5 Å². The standard InChI is InChI=1S/C12H9NS.C6H10N6O/c1-3-7-11-9(5-1)13-10-6-2-4-8-12(10)14-11;1-12(2)11-10-6-4(5(7)13)8-3-9-6/h1-8,13H;3H,1-2H3,(H2,7,13)(H,8,9)/b;11-10+. The van der Waals surface area contributed by atoms with Crippen LogP contribution in [0.1, 0.15) is 10.5 Å². The third-order valence-corrected chi connectivity index (χ3v) is 4.59. The second kappa shape index (κ2) is 8.37. The Morgan fingerprint density at radius 3 is 2.22 bits per heavy atom. The molecule has 2 aromatic carbocycles. The predicted molar refractivity (Wildman–Crippen MR) is 106 cm³/mol. The Hall–Kier alpha value is -3.33. The van der Waals surface area contributed by atoms with Crippen LogP contribution in [-0.2, 0) is 0 Å². The molecule has 3 aromatic rings. The molecule has 0 aliphatic carbocycles. The van der Waals surface area contributed by atoms with E-state index >= 15 is 0 Å². The summed E-state index contributed by atoms with van der Waals surface area (Å²) in [4.78, 5) is 19.7. The number of H-pyrrole nitrogens is 1. The first-order valence-electron chi connectivity index (χ1n) is 8.09. The lowest BCUT2D eigenvalue weighted by atomic mass is 10.2. The largest absolute Gasteiger partial charge is 0.364 e. The number of hydrogen-bond acceptors (Lipinski definition) is 6. The van der Waals surface area contributed by atoms with Crippen LogP contribution in [0.3, 0.4) is 0 Å². The van der Waals surface area contributed by atoms with Gasteiger partial charge in [0.25, 0.3) is 5.91 Å². The number of primary amides is 1. The summed E-state index contributed by atoms with van der Waals surface area (Å²) >= 11 is 1.82. The quantitative estimate of drug-likeness (QED) is 0.367. The number of benzene rings is 2. The lowest BCUT2D eigenvalue weighted by molar-refractivity contribution is 0.0996. The fourth-order valence-electron chi connectivity index (χ4n) is 2.26. The number of nitrogens with zero attached hydrogens (tertiary/aromatic N) is 4. The van der Waals surface area contributed by atoms with E-state index in [0.717, 1.165) is 0 Å². The molecule has 1 aromatic heterocycles. The molecule has 0 fully saturated rings. The van der Waals surface area contributed by atoms with E-state index in [2.05, 4.69) is 74.2 Å². The van der Waals surface area contributed by atoms with Crippen LogP contribution in [0.15, 0.2) is 75.0 Å². The zero-order valence-electron chi connectivity index (χ0n) is 14.9. The van der Waals surface area contributed by atoms with Gasteiger partial charge in [-0.15, -0.1) is 5.11 Å². The van der Waals surface area contributed by atoms with E-state index in [0.29, 0.717) is 0 Å². The van der Waals surface area contributed by atoms with Gasteiger partial charge in [0, 0.05) is 23.9 Å². The molecule has 0 bridgehead atoms. The monoisotopic (exact) mass is 381 g/mol. The van der Waals surface area contributed by atoms with Crippen molar-refractivity contribution in [3.05, 3.63) is 60.6 Å². The van der Waals surface area contributed by atoms with Gasteiger partial charge in [-0.25, -0.2) is 4.98 Å². The zero-order chi connectivity index (χ0) is 19.2. The molecule has 138 valence electrons. The molecular weight excluding hydrogens is 362 g/mol. The van der Waals surface area contributed by atoms with Gasteiger partial charge in [0.1, 0.15) is 0 Å². The number of carbonyl (C=O) groups excluding carboxylic acids is 1. The summed E-state index contributed by atoms with van der Waals surface area (Å²) in [6.45, 7) is 0. The van der Waals surface area contributed by atoms with E-state index in [-0.39, 0.29) is 11.5 Å². The molecule has 4 N–H and O–H groups in total. The molecule has 0 radical (unpaired) electrons. The van der Waals surface area contributed by atoms with Crippen LogP contribution in [0.2, 0.25) is 0 Å². The first-order chi connectivity index (χ1) is 13.0. The molecule has 27 heavy (non-hydrogen) atoms. The van der Waals surface area contributed by atoms with Gasteiger partial charge in [0.05, 0.1) is 17.7 Å². The average molecular weight is 381 g/mol. The predicted octanol–water partition coefficient (Wildman–Crippen LogP) is 3.96. The maximum Gasteiger partial charge on any atom is 0.271 e. The van der Waals surface area contributed by atoms with Gasteiger partial charge in [-0.05, 0) is 24.3 Å². The highest BCUT2D eigenvalue weighted by Crippen LogP contribution is 2.43. The van der Waals surface area contributed by atoms with Gasteiger partial charge in [-0.2, -0.15) is 0 Å². The van der Waals surface area contributed by atoms with Crippen molar-refractivity contribution in [3.8, 4) is 0 Å². The average Bonchev–Trinajstić information content (AvgIpc) is 3.14. The molecule has 2 heterocycles. The van der Waals surface area contributed by atoms with Crippen molar-refractivity contribution < 1.29 is 4.79 Å². The number of anilines is 2. The van der Waals surface area contributed by atoms with E-state index in [9.17, 15) is 4.79 Å². The molecule has 1 aliphatic rings. The molecule has 0 saturated heterocycles. The van der Waals surface area contributed by atoms with Crippen LogP contribution >= 0.6 is 11.8 Å². The Kier molecular flexibility index (Phi) is 5.72. The smallest absolute Gasteiger partial charge is 0.271 e. The number of nitrogens with one attached hydrogen (secondary N) is 2. The Morgan fingerprint density at radius 1 is 1.07 bits per heavy atom. The Bertz CT molecular complexity index is 880. The lowest BCUT2D eigenvalue weighted by Gasteiger charge is -2.19. The Morgan fingerprint density at radius 2 is 1.67 bits per heavy atom. The number of para-hydroxylation sites is 2. The fraction of sp³-hybridized carbons (Fsp3) is 0.111. The van der Waals surface area contributed by atoms with Gasteiger partial charge in [-0.1, -0.05) is 41.3 Å². The number of fused-ring (bicyclic) bond motifs is 2. The topological polar surface area (TPSA) is 112 Å². The fourth-order valence-corrected chi connectivity index (χ4v) is 3.25. The Balaban J connectivity index is 0.000000157. The van der Waals surface area contributed by atoms with E-state index < -0.39 is 5.91 Å². The normalized spacial score (nSPS) is 11.6. The number of aromatic nitrogens is 2. The van der Waals surface area contributed by atoms with Crippen molar-refractivity contribution in [1.29, 1.82) is 0 Å². The number of aromatic amines is 1. The second-order valence-corrected chi connectivity index (χ2v) is 6.80. The number of imidazole rings is 1. The van der Waals surface area contributed by atoms with Crippen molar-refractivity contribution in [2.75, 3.05) is 19.4 Å². The first-order valence-corrected chi connectivity index (χ1v) is 8.91. The molecule has 4 rings (SSSR count). The molecule has 0 atom stereocenters. The highest BCUT2D eigenvalue weighted by molar-refractivity contribution is 7.99. The van der Waals surface area contributed by atoms with Gasteiger partial charge in [0.2, 0.25) is 0 Å². The summed E-state index contributed by atoms with van der Waals surface area (Å²) < 4.78 is 0. The van der Waals surface area contributed by atoms with Crippen LogP contribution in [-0.4, -0.2) is 35.0 Å². The summed E-state index contributed by atoms with van der Waals surface area (Å²) in [7, 11) is 3.42. The van der Waals surface area contributed by atoms with Crippen LogP contribution in [0, 0.1) is 0 Å². The van der Waals surface area contributed by atoms with Gasteiger partial charge < -0.3 is 16.0 Å². The molecule has 1 aliphatic heterocycles. The summed E-state index contributed by atoms with van der Waals surface area (Å²) in [6, 6.07) is 16.8. The number of hydrogen-bond donors (Lipinski definition) is 3.